The number of nitrogens with one attached hydrogen (secondary N) is 1. The highest BCUT2D eigenvalue weighted by Crippen LogP contribution is 2.21. The van der Waals surface area contributed by atoms with Crippen LogP contribution in [0.25, 0.3) is 0 Å². The molecule has 1 aromatic rings. The summed E-state index contributed by atoms with van der Waals surface area (Å²) in [4.78, 5) is 14.2. The summed E-state index contributed by atoms with van der Waals surface area (Å²) >= 11 is 0. The van der Waals surface area contributed by atoms with Gasteiger partial charge in [0, 0.05) is 31.6 Å². The lowest BCUT2D eigenvalue weighted by Crippen LogP contribution is -2.39. The molecule has 1 aliphatic rings. The van der Waals surface area contributed by atoms with E-state index in [1.165, 1.54) is 38.5 Å². The van der Waals surface area contributed by atoms with Crippen LogP contribution < -0.4 is 16.0 Å². The van der Waals surface area contributed by atoms with Crippen LogP contribution in [0.3, 0.4) is 0 Å². The van der Waals surface area contributed by atoms with Gasteiger partial charge in [-0.2, -0.15) is 0 Å². The molecule has 2 rings (SSSR count). The van der Waals surface area contributed by atoms with Gasteiger partial charge in [-0.1, -0.05) is 12.8 Å². The van der Waals surface area contributed by atoms with Crippen molar-refractivity contribution >= 4 is 17.3 Å². The third-order valence-electron chi connectivity index (χ3n) is 3.79. The maximum absolute atomic E-state index is 11.8. The number of ether oxygens (including phenoxy) is 1. The minimum atomic E-state index is -0.639. The summed E-state index contributed by atoms with van der Waals surface area (Å²) in [6.45, 7) is 2.45. The molecule has 3 N–H and O–H groups in total. The Morgan fingerprint density at radius 3 is 2.43 bits per heavy atom. The number of hydrogen-bond acceptors (Lipinski definition) is 4. The van der Waals surface area contributed by atoms with Crippen LogP contribution in [-0.2, 0) is 9.53 Å². The smallest absolute Gasteiger partial charge is 0.243 e. The van der Waals surface area contributed by atoms with E-state index in [0.717, 1.165) is 18.8 Å². The molecule has 1 aliphatic heterocycles. The quantitative estimate of drug-likeness (QED) is 0.870. The standard InChI is InChI=1S/C16H25N3O2/c1-21-12-15(17)16(20)18-13-6-8-14(9-7-13)19-10-4-2-3-5-11-19/h6-9,15H,2-5,10-12,17H2,1H3,(H,18,20). The third-order valence-corrected chi connectivity index (χ3v) is 3.79. The maximum atomic E-state index is 11.8. The second-order valence-electron chi connectivity index (χ2n) is 5.50. The number of anilines is 2. The van der Waals surface area contributed by atoms with E-state index in [1.807, 2.05) is 12.1 Å². The molecule has 5 nitrogen and oxygen atoms in total. The van der Waals surface area contributed by atoms with Gasteiger partial charge >= 0.3 is 0 Å². The molecule has 1 heterocycles. The first kappa shape index (κ1) is 15.8. The van der Waals surface area contributed by atoms with Crippen molar-refractivity contribution in [2.75, 3.05) is 37.0 Å². The van der Waals surface area contributed by atoms with Gasteiger partial charge in [-0.25, -0.2) is 0 Å². The van der Waals surface area contributed by atoms with Gasteiger partial charge in [-0.3, -0.25) is 4.79 Å². The molecule has 1 fully saturated rings. The molecule has 0 bridgehead atoms. The number of carbonyl (C=O) groups excluding carboxylic acids is 1. The molecule has 0 aliphatic carbocycles. The van der Waals surface area contributed by atoms with E-state index in [1.54, 1.807) is 0 Å². The van der Waals surface area contributed by atoms with Gasteiger partial charge in [-0.05, 0) is 37.1 Å². The molecule has 0 radical (unpaired) electrons. The van der Waals surface area contributed by atoms with Crippen molar-refractivity contribution in [2.24, 2.45) is 5.73 Å². The van der Waals surface area contributed by atoms with Crippen LogP contribution in [0.5, 0.6) is 0 Å². The summed E-state index contributed by atoms with van der Waals surface area (Å²) < 4.78 is 4.88. The predicted molar refractivity (Wildman–Crippen MR) is 85.6 cm³/mol. The van der Waals surface area contributed by atoms with E-state index in [0.29, 0.717) is 0 Å². The Kier molecular flexibility index (Phi) is 6.02. The van der Waals surface area contributed by atoms with Gasteiger partial charge in [0.25, 0.3) is 0 Å². The zero-order valence-electron chi connectivity index (χ0n) is 12.7. The SMILES string of the molecule is COCC(N)C(=O)Nc1ccc(N2CCCCCC2)cc1. The highest BCUT2D eigenvalue weighted by atomic mass is 16.5. The summed E-state index contributed by atoms with van der Waals surface area (Å²) in [7, 11) is 1.53. The van der Waals surface area contributed by atoms with Crippen molar-refractivity contribution in [2.45, 2.75) is 31.7 Å². The molecule has 116 valence electrons. The van der Waals surface area contributed by atoms with Gasteiger partial charge in [0.2, 0.25) is 5.91 Å². The third kappa shape index (κ3) is 4.72. The van der Waals surface area contributed by atoms with E-state index < -0.39 is 6.04 Å². The van der Waals surface area contributed by atoms with Crippen LogP contribution in [0.15, 0.2) is 24.3 Å². The van der Waals surface area contributed by atoms with Crippen molar-refractivity contribution < 1.29 is 9.53 Å². The van der Waals surface area contributed by atoms with Crippen molar-refractivity contribution in [1.29, 1.82) is 0 Å². The molecule has 0 spiro atoms. The molecule has 0 saturated carbocycles. The fraction of sp³-hybridized carbons (Fsp3) is 0.562. The molecule has 1 atom stereocenters. The fourth-order valence-electron chi connectivity index (χ4n) is 2.57. The van der Waals surface area contributed by atoms with Crippen LogP contribution in [0.4, 0.5) is 11.4 Å². The van der Waals surface area contributed by atoms with Crippen molar-refractivity contribution in [1.82, 2.24) is 0 Å². The number of hydrogen-bond donors (Lipinski definition) is 2. The number of carbonyl (C=O) groups is 1. The number of nitrogens with two attached hydrogens (primary N) is 1. The summed E-state index contributed by atoms with van der Waals surface area (Å²) in [5.41, 5.74) is 7.68. The Morgan fingerprint density at radius 1 is 1.24 bits per heavy atom. The van der Waals surface area contributed by atoms with Gasteiger partial charge in [0.1, 0.15) is 6.04 Å². The number of amides is 1. The first-order valence-corrected chi connectivity index (χ1v) is 7.61. The zero-order valence-corrected chi connectivity index (χ0v) is 12.7. The molecular formula is C16H25N3O2. The van der Waals surface area contributed by atoms with E-state index >= 15 is 0 Å². The Balaban J connectivity index is 1.93. The van der Waals surface area contributed by atoms with Gasteiger partial charge in [0.15, 0.2) is 0 Å². The molecule has 1 unspecified atom stereocenters. The molecular weight excluding hydrogens is 266 g/mol. The summed E-state index contributed by atoms with van der Waals surface area (Å²) in [6, 6.07) is 7.33. The molecule has 1 saturated heterocycles. The van der Waals surface area contributed by atoms with Crippen molar-refractivity contribution in [3.63, 3.8) is 0 Å². The van der Waals surface area contributed by atoms with Crippen LogP contribution in [0.1, 0.15) is 25.7 Å². The first-order chi connectivity index (χ1) is 10.2. The molecule has 0 aromatic heterocycles. The lowest BCUT2D eigenvalue weighted by Gasteiger charge is -2.23. The summed E-state index contributed by atoms with van der Waals surface area (Å²) in [5.74, 6) is -0.223. The van der Waals surface area contributed by atoms with Gasteiger partial charge < -0.3 is 20.7 Å². The summed E-state index contributed by atoms with van der Waals surface area (Å²) in [6.07, 6.45) is 5.15. The average molecular weight is 291 g/mol. The van der Waals surface area contributed by atoms with Crippen molar-refractivity contribution in [3.8, 4) is 0 Å². The molecule has 1 amide bonds. The van der Waals surface area contributed by atoms with Crippen molar-refractivity contribution in [3.05, 3.63) is 24.3 Å². The zero-order chi connectivity index (χ0) is 15.1. The predicted octanol–water partition coefficient (Wildman–Crippen LogP) is 1.98. The number of benzene rings is 1. The van der Waals surface area contributed by atoms with Crippen LogP contribution in [0, 0.1) is 0 Å². The Hall–Kier alpha value is -1.59. The molecule has 21 heavy (non-hydrogen) atoms. The topological polar surface area (TPSA) is 67.6 Å². The van der Waals surface area contributed by atoms with Crippen LogP contribution in [-0.4, -0.2) is 38.8 Å². The highest BCUT2D eigenvalue weighted by molar-refractivity contribution is 5.94. The highest BCUT2D eigenvalue weighted by Gasteiger charge is 2.14. The Morgan fingerprint density at radius 2 is 1.86 bits per heavy atom. The summed E-state index contributed by atoms with van der Waals surface area (Å²) in [5, 5.41) is 2.81. The Bertz CT molecular complexity index is 439. The minimum Gasteiger partial charge on any atom is -0.383 e. The lowest BCUT2D eigenvalue weighted by molar-refractivity contribution is -0.118. The Labute approximate surface area is 126 Å². The monoisotopic (exact) mass is 291 g/mol. The van der Waals surface area contributed by atoms with Crippen LogP contribution >= 0.6 is 0 Å². The largest absolute Gasteiger partial charge is 0.383 e. The lowest BCUT2D eigenvalue weighted by atomic mass is 10.2. The van der Waals surface area contributed by atoms with E-state index in [9.17, 15) is 4.79 Å². The molecule has 1 aromatic carbocycles. The number of methoxy groups -OCH3 is 1. The first-order valence-electron chi connectivity index (χ1n) is 7.61. The normalized spacial score (nSPS) is 17.1. The second kappa shape index (κ2) is 8.00. The van der Waals surface area contributed by atoms with Gasteiger partial charge in [-0.15, -0.1) is 0 Å². The minimum absolute atomic E-state index is 0.220. The van der Waals surface area contributed by atoms with Crippen LogP contribution in [0.2, 0.25) is 0 Å². The number of nitrogens with zero attached hydrogens (tertiary/aromatic N) is 1. The van der Waals surface area contributed by atoms with Gasteiger partial charge in [0.05, 0.1) is 6.61 Å². The molecule has 5 heteroatoms. The van der Waals surface area contributed by atoms with E-state index in [2.05, 4.69) is 22.3 Å². The van der Waals surface area contributed by atoms with E-state index in [-0.39, 0.29) is 12.5 Å². The maximum Gasteiger partial charge on any atom is 0.243 e. The average Bonchev–Trinajstić information content (AvgIpc) is 2.77. The fourth-order valence-corrected chi connectivity index (χ4v) is 2.57. The van der Waals surface area contributed by atoms with E-state index in [4.69, 9.17) is 10.5 Å². The second-order valence-corrected chi connectivity index (χ2v) is 5.50. The number of rotatable bonds is 5.